The number of rotatable bonds is 13. The van der Waals surface area contributed by atoms with Gasteiger partial charge in [-0.3, -0.25) is 5.04 Å². The van der Waals surface area contributed by atoms with Gasteiger partial charge in [0, 0.05) is 23.7 Å². The van der Waals surface area contributed by atoms with Gasteiger partial charge in [0.15, 0.2) is 0 Å². The largest absolute Gasteiger partial charge is 1.00 e. The third kappa shape index (κ3) is 11.4. The smallest absolute Gasteiger partial charge is 0.748 e. The maximum Gasteiger partial charge on any atom is 1.00 e. The molecular weight excluding hydrogens is 550 g/mol. The van der Waals surface area contributed by atoms with Gasteiger partial charge in [-0.05, 0) is 47.5 Å². The number of hydrogen-bond donors (Lipinski definition) is 5. The molecule has 5 N–H and O–H groups in total. The Morgan fingerprint density at radius 2 is 1.76 bits per heavy atom. The summed E-state index contributed by atoms with van der Waals surface area (Å²) in [5.74, 6) is -0.568. The van der Waals surface area contributed by atoms with Crippen molar-refractivity contribution in [3.63, 3.8) is 0 Å². The zero-order valence-corrected chi connectivity index (χ0v) is 25.9. The number of benzene rings is 2. The number of anilines is 4. The van der Waals surface area contributed by atoms with Crippen molar-refractivity contribution in [3.8, 4) is 0 Å². The minimum Gasteiger partial charge on any atom is -0.748 e. The van der Waals surface area contributed by atoms with Crippen molar-refractivity contribution in [3.05, 3.63) is 35.9 Å². The van der Waals surface area contributed by atoms with Crippen LogP contribution in [0.4, 0.5) is 23.5 Å². The molecule has 14 nitrogen and oxygen atoms in total. The molecule has 1 atom stereocenters. The van der Waals surface area contributed by atoms with Gasteiger partial charge in [-0.25, -0.2) is 8.42 Å². The number of fused-ring (bicyclic) bond motifs is 1. The van der Waals surface area contributed by atoms with E-state index in [2.05, 4.69) is 40.3 Å². The van der Waals surface area contributed by atoms with E-state index in [0.29, 0.717) is 10.6 Å². The summed E-state index contributed by atoms with van der Waals surface area (Å²) < 4.78 is 37.0. The predicted octanol–water partition coefficient (Wildman–Crippen LogP) is -5.96. The summed E-state index contributed by atoms with van der Waals surface area (Å²) in [6, 6.07) is 9.12. The molecule has 3 aromatic rings. The van der Waals surface area contributed by atoms with Gasteiger partial charge in [0.05, 0.1) is 40.6 Å². The summed E-state index contributed by atoms with van der Waals surface area (Å²) in [4.78, 5) is 13.1. The second-order valence-corrected chi connectivity index (χ2v) is 9.53. The monoisotopic (exact) mass is 572 g/mol. The number of nitrogens with one attached hydrogen (secondary N) is 3. The van der Waals surface area contributed by atoms with Crippen molar-refractivity contribution < 1.29 is 96.9 Å². The van der Waals surface area contributed by atoms with Gasteiger partial charge in [0.1, 0.15) is 0 Å². The molecule has 1 unspecified atom stereocenters. The molecule has 0 radical (unpaired) electrons. The molecule has 0 saturated carbocycles. The average Bonchev–Trinajstić information content (AvgIpc) is 2.80. The molecule has 0 fully saturated rings. The fraction of sp³-hybridized carbons (Fsp3) is 0.316. The SMILES string of the molecule is Cc1cc(SOO[O-])cc2cc(Nc3nc(NCCS(=O)(=O)[O-])nc(NCC(O)CO)n3)ccc12.[Na+].[Na+]. The number of aliphatic hydroxyl groups excluding tert-OH is 2. The van der Waals surface area contributed by atoms with Crippen molar-refractivity contribution >= 4 is 56.5 Å². The quantitative estimate of drug-likeness (QED) is 0.0424. The van der Waals surface area contributed by atoms with E-state index in [4.69, 9.17) is 5.11 Å². The van der Waals surface area contributed by atoms with Gasteiger partial charge in [0.25, 0.3) is 0 Å². The van der Waals surface area contributed by atoms with Gasteiger partial charge in [-0.1, -0.05) is 6.07 Å². The van der Waals surface area contributed by atoms with Gasteiger partial charge < -0.3 is 36.0 Å². The number of hydrogen-bond acceptors (Lipinski definition) is 15. The van der Waals surface area contributed by atoms with E-state index in [-0.39, 0.29) is 90.0 Å². The fourth-order valence-corrected chi connectivity index (χ4v) is 3.85. The van der Waals surface area contributed by atoms with Crippen LogP contribution in [0.3, 0.4) is 0 Å². The van der Waals surface area contributed by atoms with E-state index < -0.39 is 28.6 Å². The second-order valence-electron chi connectivity index (χ2n) is 7.23. The zero-order chi connectivity index (χ0) is 25.4. The number of aliphatic hydroxyl groups is 2. The van der Waals surface area contributed by atoms with Gasteiger partial charge >= 0.3 is 59.1 Å². The molecule has 1 aromatic heterocycles. The molecule has 0 saturated heterocycles. The number of nitrogens with zero attached hydrogens (tertiary/aromatic N) is 3. The van der Waals surface area contributed by atoms with Crippen molar-refractivity contribution in [2.75, 3.05) is 41.4 Å². The van der Waals surface area contributed by atoms with Crippen LogP contribution in [0.25, 0.3) is 10.8 Å². The van der Waals surface area contributed by atoms with Crippen LogP contribution in [0, 0.1) is 6.92 Å². The summed E-state index contributed by atoms with van der Waals surface area (Å²) >= 11 is 0.774. The fourth-order valence-electron chi connectivity index (χ4n) is 2.99. The molecule has 0 spiro atoms. The molecule has 190 valence electrons. The van der Waals surface area contributed by atoms with Crippen LogP contribution in [-0.4, -0.2) is 69.7 Å². The van der Waals surface area contributed by atoms with E-state index >= 15 is 0 Å². The van der Waals surface area contributed by atoms with Crippen LogP contribution < -0.4 is 80.3 Å². The molecule has 0 amide bonds. The molecule has 1 heterocycles. The zero-order valence-electron chi connectivity index (χ0n) is 20.3. The van der Waals surface area contributed by atoms with Gasteiger partial charge in [0.2, 0.25) is 17.8 Å². The third-order valence-electron chi connectivity index (χ3n) is 4.52. The van der Waals surface area contributed by atoms with Crippen LogP contribution in [0.1, 0.15) is 5.56 Å². The molecule has 37 heavy (non-hydrogen) atoms. The minimum atomic E-state index is -4.43. The van der Waals surface area contributed by atoms with Crippen LogP contribution >= 0.6 is 12.0 Å². The van der Waals surface area contributed by atoms with Crippen LogP contribution in [0.2, 0.25) is 0 Å². The maximum atomic E-state index is 10.9. The molecule has 0 aliphatic rings. The standard InChI is InChI=1S/C19H24N6O8S2.2Na/c1-11-6-15(34-33-32-28)8-12-7-13(2-3-16(11)12)22-19-24-17(20-4-5-35(29,30)31)23-18(25-19)21-9-14(27)10-26;;/h2-3,6-8,14,26-28H,4-5,9-10H2,1H3,(H,29,30,31)(H3,20,21,22,23,24,25);;/q;2*+1/p-2. The van der Waals surface area contributed by atoms with Crippen LogP contribution in [0.5, 0.6) is 0 Å². The molecule has 18 heteroatoms. The maximum absolute atomic E-state index is 10.9. The van der Waals surface area contributed by atoms with Crippen molar-refractivity contribution in [2.45, 2.75) is 17.9 Å². The first-order valence-electron chi connectivity index (χ1n) is 10.1. The van der Waals surface area contributed by atoms with Gasteiger partial charge in [-0.15, -0.1) is 0 Å². The minimum absolute atomic E-state index is 0. The topological polar surface area (TPSA) is 214 Å². The third-order valence-corrected chi connectivity index (χ3v) is 5.78. The Morgan fingerprint density at radius 1 is 1.08 bits per heavy atom. The van der Waals surface area contributed by atoms with Crippen LogP contribution in [0.15, 0.2) is 35.2 Å². The van der Waals surface area contributed by atoms with E-state index in [1.54, 1.807) is 12.1 Å². The predicted molar refractivity (Wildman–Crippen MR) is 124 cm³/mol. The molecule has 3 rings (SSSR count). The van der Waals surface area contributed by atoms with Crippen molar-refractivity contribution in [1.82, 2.24) is 15.0 Å². The molecule has 0 aliphatic carbocycles. The normalized spacial score (nSPS) is 11.8. The Balaban J connectivity index is 0.00000342. The molecule has 2 aromatic carbocycles. The number of aryl methyl sites for hydroxylation is 1. The average molecular weight is 573 g/mol. The van der Waals surface area contributed by atoms with E-state index in [9.17, 15) is 23.3 Å². The number of aromatic nitrogens is 3. The Morgan fingerprint density at radius 3 is 2.41 bits per heavy atom. The second kappa shape index (κ2) is 16.3. The Labute approximate surface area is 261 Å². The first kappa shape index (κ1) is 34.2. The molecular formula is C19H22N6Na2O8S2. The van der Waals surface area contributed by atoms with E-state index in [0.717, 1.165) is 28.4 Å². The molecule has 0 aliphatic heterocycles. The summed E-state index contributed by atoms with van der Waals surface area (Å²) in [5.41, 5.74) is 1.54. The summed E-state index contributed by atoms with van der Waals surface area (Å²) in [6.45, 7) is 1.15. The van der Waals surface area contributed by atoms with Crippen molar-refractivity contribution in [2.24, 2.45) is 0 Å². The Hall–Kier alpha value is -0.830. The Kier molecular flexibility index (Phi) is 15.1. The Bertz CT molecular complexity index is 1270. The van der Waals surface area contributed by atoms with E-state index in [1.807, 2.05) is 25.1 Å². The summed E-state index contributed by atoms with van der Waals surface area (Å²) in [7, 11) is -4.43. The molecule has 0 bridgehead atoms. The summed E-state index contributed by atoms with van der Waals surface area (Å²) in [6.07, 6.45) is -1.06. The summed E-state index contributed by atoms with van der Waals surface area (Å²) in [5, 5.41) is 42.3. The first-order valence-corrected chi connectivity index (χ1v) is 12.4. The van der Waals surface area contributed by atoms with Crippen LogP contribution in [-0.2, 0) is 19.5 Å². The van der Waals surface area contributed by atoms with Crippen molar-refractivity contribution in [1.29, 1.82) is 0 Å². The van der Waals surface area contributed by atoms with Gasteiger partial charge in [-0.2, -0.15) is 19.3 Å². The van der Waals surface area contributed by atoms with E-state index in [1.165, 1.54) is 0 Å². The first-order chi connectivity index (χ1) is 16.7.